The van der Waals surface area contributed by atoms with E-state index in [0.717, 1.165) is 0 Å². The monoisotopic (exact) mass is 413 g/mol. The second-order valence-corrected chi connectivity index (χ2v) is 7.38. The average molecular weight is 413 g/mol. The summed E-state index contributed by atoms with van der Waals surface area (Å²) < 4.78 is 15.1. The Balaban J connectivity index is 1.36. The molecule has 10 heteroatoms. The normalized spacial score (nSPS) is 15.2. The molecule has 4 rings (SSSR count). The van der Waals surface area contributed by atoms with Gasteiger partial charge in [-0.05, 0) is 24.3 Å². The fourth-order valence-electron chi connectivity index (χ4n) is 2.93. The van der Waals surface area contributed by atoms with E-state index in [-0.39, 0.29) is 5.75 Å². The number of nitrogens with zero attached hydrogens (tertiary/aromatic N) is 4. The van der Waals surface area contributed by atoms with Crippen molar-refractivity contribution in [2.75, 3.05) is 12.4 Å². The van der Waals surface area contributed by atoms with Crippen LogP contribution in [-0.2, 0) is 18.9 Å². The number of hydrogen-bond acceptors (Lipinski definition) is 7. The summed E-state index contributed by atoms with van der Waals surface area (Å²) in [5.41, 5.74) is 0.416. The molecule has 1 atom stereocenters. The molecule has 0 bridgehead atoms. The van der Waals surface area contributed by atoms with Crippen LogP contribution in [-0.4, -0.2) is 43.5 Å². The van der Waals surface area contributed by atoms with Crippen LogP contribution in [0.25, 0.3) is 0 Å². The number of ether oxygens (including phenoxy) is 2. The summed E-state index contributed by atoms with van der Waals surface area (Å²) >= 11 is 1.19. The van der Waals surface area contributed by atoms with Crippen LogP contribution < -0.4 is 14.8 Å². The van der Waals surface area contributed by atoms with Crippen molar-refractivity contribution in [3.05, 3.63) is 54.1 Å². The summed E-state index contributed by atoms with van der Waals surface area (Å²) in [5.74, 6) is 1.14. The minimum absolute atomic E-state index is 0.0347. The van der Waals surface area contributed by atoms with Crippen LogP contribution in [0.1, 0.15) is 22.4 Å². The molecule has 2 aromatic heterocycles. The van der Waals surface area contributed by atoms with E-state index in [1.807, 2.05) is 24.3 Å². The summed E-state index contributed by atoms with van der Waals surface area (Å²) in [6.07, 6.45) is 1.34. The number of thioether (sulfide) groups is 1. The van der Waals surface area contributed by atoms with Gasteiger partial charge in [0.1, 0.15) is 12.3 Å². The van der Waals surface area contributed by atoms with Gasteiger partial charge < -0.3 is 18.6 Å². The molecule has 2 amide bonds. The van der Waals surface area contributed by atoms with Gasteiger partial charge in [-0.15, -0.1) is 10.2 Å². The number of benzene rings is 1. The molecule has 3 heterocycles. The number of aromatic nitrogens is 4. The summed E-state index contributed by atoms with van der Waals surface area (Å²) in [6, 6.07) is 10.8. The molecular weight excluding hydrogens is 394 g/mol. The number of carbonyl (C=O) groups is 2. The maximum absolute atomic E-state index is 12.1. The highest BCUT2D eigenvalue weighted by Crippen LogP contribution is 2.35. The Kier molecular flexibility index (Phi) is 5.26. The van der Waals surface area contributed by atoms with E-state index in [2.05, 4.69) is 15.5 Å². The smallest absolute Gasteiger partial charge is 0.274 e. The van der Waals surface area contributed by atoms with Gasteiger partial charge in [0, 0.05) is 20.3 Å². The molecule has 0 spiro atoms. The number of rotatable bonds is 5. The van der Waals surface area contributed by atoms with Gasteiger partial charge in [-0.3, -0.25) is 14.9 Å². The topological polar surface area (TPSA) is 100 Å². The van der Waals surface area contributed by atoms with Gasteiger partial charge in [0.25, 0.3) is 5.91 Å². The molecular formula is C19H19N5O4S. The Hall–Kier alpha value is -3.27. The molecule has 0 saturated heterocycles. The summed E-state index contributed by atoms with van der Waals surface area (Å²) in [4.78, 5) is 24.2. The Labute approximate surface area is 171 Å². The fraction of sp³-hybridized carbons (Fsp3) is 0.263. The van der Waals surface area contributed by atoms with Crippen LogP contribution in [0.2, 0.25) is 0 Å². The predicted octanol–water partition coefficient (Wildman–Crippen LogP) is 1.71. The third-order valence-corrected chi connectivity index (χ3v) is 5.45. The van der Waals surface area contributed by atoms with Gasteiger partial charge in [-0.25, -0.2) is 0 Å². The van der Waals surface area contributed by atoms with Crippen molar-refractivity contribution in [1.29, 1.82) is 0 Å². The second kappa shape index (κ2) is 8.00. The molecule has 3 aromatic rings. The molecule has 9 nitrogen and oxygen atoms in total. The van der Waals surface area contributed by atoms with E-state index in [9.17, 15) is 9.59 Å². The third-order valence-electron chi connectivity index (χ3n) is 4.43. The van der Waals surface area contributed by atoms with Crippen LogP contribution in [0.3, 0.4) is 0 Å². The van der Waals surface area contributed by atoms with Gasteiger partial charge in [0.15, 0.2) is 28.6 Å². The lowest BCUT2D eigenvalue weighted by Gasteiger charge is -2.25. The van der Waals surface area contributed by atoms with Crippen molar-refractivity contribution in [2.45, 2.75) is 11.3 Å². The average Bonchev–Trinajstić information content (AvgIpc) is 3.31. The van der Waals surface area contributed by atoms with Gasteiger partial charge in [0.2, 0.25) is 5.91 Å². The van der Waals surface area contributed by atoms with Crippen LogP contribution in [0, 0.1) is 0 Å². The number of carbonyl (C=O) groups excluding carboxylic acids is 2. The Morgan fingerprint density at radius 1 is 1.17 bits per heavy atom. The summed E-state index contributed by atoms with van der Waals surface area (Å²) in [7, 11) is 3.54. The SMILES string of the molecule is Cn1cccc1C(=O)NC(=O)CSc1nnc([C@H]2COc3ccccc3O2)n1C. The molecule has 1 N–H and O–H groups in total. The highest BCUT2D eigenvalue weighted by molar-refractivity contribution is 7.99. The number of imide groups is 1. The lowest BCUT2D eigenvalue weighted by molar-refractivity contribution is -0.117. The van der Waals surface area contributed by atoms with Crippen LogP contribution in [0.15, 0.2) is 47.8 Å². The number of nitrogens with one attached hydrogen (secondary N) is 1. The zero-order valence-corrected chi connectivity index (χ0v) is 16.7. The predicted molar refractivity (Wildman–Crippen MR) is 105 cm³/mol. The van der Waals surface area contributed by atoms with Crippen molar-refractivity contribution in [1.82, 2.24) is 24.6 Å². The molecule has 0 fully saturated rings. The van der Waals surface area contributed by atoms with E-state index in [0.29, 0.717) is 34.8 Å². The molecule has 0 radical (unpaired) electrons. The lowest BCUT2D eigenvalue weighted by atomic mass is 10.2. The van der Waals surface area contributed by atoms with E-state index in [1.54, 1.807) is 41.6 Å². The second-order valence-electron chi connectivity index (χ2n) is 6.43. The minimum Gasteiger partial charge on any atom is -0.485 e. The third kappa shape index (κ3) is 3.97. The maximum Gasteiger partial charge on any atom is 0.274 e. The zero-order chi connectivity index (χ0) is 20.4. The molecule has 1 aromatic carbocycles. The first-order chi connectivity index (χ1) is 14.0. The Morgan fingerprint density at radius 2 is 1.97 bits per heavy atom. The Morgan fingerprint density at radius 3 is 2.72 bits per heavy atom. The van der Waals surface area contributed by atoms with Crippen molar-refractivity contribution in [3.8, 4) is 11.5 Å². The molecule has 0 aliphatic carbocycles. The summed E-state index contributed by atoms with van der Waals surface area (Å²) in [6.45, 7) is 0.319. The summed E-state index contributed by atoms with van der Waals surface area (Å²) in [5, 5.41) is 11.2. The van der Waals surface area contributed by atoms with Gasteiger partial charge >= 0.3 is 0 Å². The van der Waals surface area contributed by atoms with Gasteiger partial charge in [0.05, 0.1) is 5.75 Å². The quantitative estimate of drug-likeness (QED) is 0.636. The molecule has 0 saturated carbocycles. The molecule has 150 valence electrons. The van der Waals surface area contributed by atoms with Gasteiger partial charge in [-0.1, -0.05) is 23.9 Å². The highest BCUT2D eigenvalue weighted by Gasteiger charge is 2.27. The van der Waals surface area contributed by atoms with Crippen molar-refractivity contribution < 1.29 is 19.1 Å². The highest BCUT2D eigenvalue weighted by atomic mass is 32.2. The number of aryl methyl sites for hydroxylation is 1. The van der Waals surface area contributed by atoms with Crippen LogP contribution in [0.5, 0.6) is 11.5 Å². The first-order valence-electron chi connectivity index (χ1n) is 8.89. The van der Waals surface area contributed by atoms with Crippen LogP contribution in [0.4, 0.5) is 0 Å². The van der Waals surface area contributed by atoms with Crippen molar-refractivity contribution in [3.63, 3.8) is 0 Å². The lowest BCUT2D eigenvalue weighted by Crippen LogP contribution is -2.33. The molecule has 29 heavy (non-hydrogen) atoms. The largest absolute Gasteiger partial charge is 0.485 e. The molecule has 1 aliphatic rings. The number of hydrogen-bond donors (Lipinski definition) is 1. The standard InChI is InChI=1S/C19H19N5O4S/c1-23-9-5-6-12(23)18(26)20-16(25)11-29-19-22-21-17(24(19)2)15-10-27-13-7-3-4-8-14(13)28-15/h3-9,15H,10-11H2,1-2H3,(H,20,25,26)/t15-/m1/s1. The maximum atomic E-state index is 12.1. The van der Waals surface area contributed by atoms with Crippen molar-refractivity contribution >= 4 is 23.6 Å². The number of amides is 2. The first-order valence-corrected chi connectivity index (χ1v) is 9.87. The zero-order valence-electron chi connectivity index (χ0n) is 15.9. The minimum atomic E-state index is -0.437. The van der Waals surface area contributed by atoms with Crippen LogP contribution >= 0.6 is 11.8 Å². The molecule has 0 unspecified atom stereocenters. The van der Waals surface area contributed by atoms with E-state index < -0.39 is 17.9 Å². The van der Waals surface area contributed by atoms with E-state index >= 15 is 0 Å². The first kappa shape index (κ1) is 19.1. The Bertz CT molecular complexity index is 1060. The fourth-order valence-corrected chi connectivity index (χ4v) is 3.65. The van der Waals surface area contributed by atoms with Crippen molar-refractivity contribution in [2.24, 2.45) is 14.1 Å². The number of para-hydroxylation sites is 2. The molecule has 1 aliphatic heterocycles. The number of fused-ring (bicyclic) bond motifs is 1. The van der Waals surface area contributed by atoms with E-state index in [4.69, 9.17) is 9.47 Å². The van der Waals surface area contributed by atoms with Gasteiger partial charge in [-0.2, -0.15) is 0 Å². The van der Waals surface area contributed by atoms with E-state index in [1.165, 1.54) is 11.8 Å².